The molecule has 1 atom stereocenters. The SMILES string of the molecule is C=CCOC(=O)NS(=O)O. The number of hydrogen-bond donors (Lipinski definition) is 2. The summed E-state index contributed by atoms with van der Waals surface area (Å²) in [6.07, 6.45) is 0.403. The molecule has 1 amide bonds. The van der Waals surface area contributed by atoms with E-state index in [0.717, 1.165) is 0 Å². The quantitative estimate of drug-likeness (QED) is 0.457. The minimum atomic E-state index is -2.36. The lowest BCUT2D eigenvalue weighted by Crippen LogP contribution is -2.25. The topological polar surface area (TPSA) is 75.6 Å². The van der Waals surface area contributed by atoms with Crippen LogP contribution in [-0.4, -0.2) is 21.5 Å². The van der Waals surface area contributed by atoms with Gasteiger partial charge in [-0.1, -0.05) is 12.7 Å². The molecule has 0 aromatic heterocycles. The summed E-state index contributed by atoms with van der Waals surface area (Å²) < 4.78 is 23.8. The predicted octanol–water partition coefficient (Wildman–Crippen LogP) is 0.0353. The van der Waals surface area contributed by atoms with Crippen molar-refractivity contribution in [3.05, 3.63) is 12.7 Å². The number of nitrogens with one attached hydrogen (secondary N) is 1. The summed E-state index contributed by atoms with van der Waals surface area (Å²) in [6, 6.07) is 0. The first-order valence-electron chi connectivity index (χ1n) is 2.32. The molecule has 0 fully saturated rings. The number of hydrogen-bond acceptors (Lipinski definition) is 3. The molecule has 2 N–H and O–H groups in total. The highest BCUT2D eigenvalue weighted by molar-refractivity contribution is 7.77. The maximum atomic E-state index is 10.3. The Labute approximate surface area is 60.5 Å². The van der Waals surface area contributed by atoms with Crippen molar-refractivity contribution in [1.29, 1.82) is 0 Å². The fourth-order valence-electron chi connectivity index (χ4n) is 0.235. The van der Waals surface area contributed by atoms with Crippen molar-refractivity contribution in [3.8, 4) is 0 Å². The zero-order valence-corrected chi connectivity index (χ0v) is 5.89. The molecule has 0 aliphatic rings. The van der Waals surface area contributed by atoms with Gasteiger partial charge in [0.2, 0.25) is 0 Å². The molecule has 0 aliphatic carbocycles. The fraction of sp³-hybridized carbons (Fsp3) is 0.250. The van der Waals surface area contributed by atoms with Crippen molar-refractivity contribution >= 4 is 17.4 Å². The molecule has 5 nitrogen and oxygen atoms in total. The van der Waals surface area contributed by atoms with Crippen LogP contribution < -0.4 is 4.72 Å². The van der Waals surface area contributed by atoms with Crippen molar-refractivity contribution < 1.29 is 18.3 Å². The highest BCUT2D eigenvalue weighted by Crippen LogP contribution is 1.77. The molecule has 1 unspecified atom stereocenters. The van der Waals surface area contributed by atoms with E-state index in [-0.39, 0.29) is 6.61 Å². The van der Waals surface area contributed by atoms with E-state index in [1.165, 1.54) is 6.08 Å². The molecule has 0 rings (SSSR count). The summed E-state index contributed by atoms with van der Waals surface area (Å²) in [4.78, 5) is 10.3. The predicted molar refractivity (Wildman–Crippen MR) is 35.5 cm³/mol. The van der Waals surface area contributed by atoms with Gasteiger partial charge in [0.05, 0.1) is 0 Å². The van der Waals surface area contributed by atoms with Crippen molar-refractivity contribution in [1.82, 2.24) is 4.72 Å². The van der Waals surface area contributed by atoms with Crippen LogP contribution in [0.5, 0.6) is 0 Å². The minimum absolute atomic E-state index is 0.0169. The van der Waals surface area contributed by atoms with E-state index in [2.05, 4.69) is 11.3 Å². The van der Waals surface area contributed by atoms with Crippen LogP contribution in [0.1, 0.15) is 0 Å². The first kappa shape index (κ1) is 9.12. The van der Waals surface area contributed by atoms with Gasteiger partial charge in [-0.25, -0.2) is 13.7 Å². The van der Waals surface area contributed by atoms with E-state index in [9.17, 15) is 9.00 Å². The summed E-state index contributed by atoms with van der Waals surface area (Å²) in [5.74, 6) is 0. The van der Waals surface area contributed by atoms with Crippen LogP contribution in [-0.2, 0) is 16.0 Å². The Balaban J connectivity index is 3.43. The van der Waals surface area contributed by atoms with Crippen LogP contribution in [0, 0.1) is 0 Å². The van der Waals surface area contributed by atoms with Gasteiger partial charge in [-0.3, -0.25) is 4.55 Å². The van der Waals surface area contributed by atoms with Gasteiger partial charge in [-0.15, -0.1) is 0 Å². The molecular weight excluding hydrogens is 158 g/mol. The monoisotopic (exact) mass is 165 g/mol. The van der Waals surface area contributed by atoms with Crippen LogP contribution in [0.25, 0.3) is 0 Å². The molecule has 0 radical (unpaired) electrons. The Morgan fingerprint density at radius 3 is 2.90 bits per heavy atom. The molecule has 58 valence electrons. The molecule has 0 aromatic carbocycles. The molecular formula is C4H7NO4S. The zero-order valence-electron chi connectivity index (χ0n) is 5.07. The number of carbonyl (C=O) groups excluding carboxylic acids is 1. The van der Waals surface area contributed by atoms with E-state index in [4.69, 9.17) is 4.55 Å². The van der Waals surface area contributed by atoms with Crippen LogP contribution >= 0.6 is 0 Å². The number of rotatable bonds is 3. The number of carbonyl (C=O) groups is 1. The van der Waals surface area contributed by atoms with E-state index in [1.807, 2.05) is 0 Å². The summed E-state index contributed by atoms with van der Waals surface area (Å²) >= 11 is -2.36. The lowest BCUT2D eigenvalue weighted by Gasteiger charge is -1.98. The largest absolute Gasteiger partial charge is 0.445 e. The van der Waals surface area contributed by atoms with Gasteiger partial charge in [0, 0.05) is 0 Å². The highest BCUT2D eigenvalue weighted by atomic mass is 32.2. The average molecular weight is 165 g/mol. The third-order valence-corrected chi connectivity index (χ3v) is 0.844. The molecule has 0 saturated carbocycles. The van der Waals surface area contributed by atoms with Gasteiger partial charge in [-0.2, -0.15) is 0 Å². The average Bonchev–Trinajstić information content (AvgIpc) is 1.82. The van der Waals surface area contributed by atoms with Gasteiger partial charge in [0.25, 0.3) is 11.3 Å². The van der Waals surface area contributed by atoms with Gasteiger partial charge >= 0.3 is 6.09 Å². The van der Waals surface area contributed by atoms with Gasteiger partial charge < -0.3 is 4.74 Å². The first-order chi connectivity index (χ1) is 4.66. The van der Waals surface area contributed by atoms with Crippen molar-refractivity contribution in [2.75, 3.05) is 6.61 Å². The van der Waals surface area contributed by atoms with Gasteiger partial charge in [0.15, 0.2) is 0 Å². The third-order valence-electron chi connectivity index (χ3n) is 0.503. The third kappa shape index (κ3) is 5.26. The Morgan fingerprint density at radius 2 is 2.50 bits per heavy atom. The van der Waals surface area contributed by atoms with E-state index < -0.39 is 17.4 Å². The summed E-state index contributed by atoms with van der Waals surface area (Å²) in [7, 11) is 0. The second-order valence-corrected chi connectivity index (χ2v) is 1.94. The first-order valence-corrected chi connectivity index (χ1v) is 3.42. The Hall–Kier alpha value is -0.880. The smallest absolute Gasteiger partial charge is 0.421 e. The molecule has 6 heteroatoms. The van der Waals surface area contributed by atoms with E-state index in [1.54, 1.807) is 4.72 Å². The van der Waals surface area contributed by atoms with Crippen molar-refractivity contribution in [2.45, 2.75) is 0 Å². The number of amides is 1. The van der Waals surface area contributed by atoms with Crippen LogP contribution in [0.4, 0.5) is 4.79 Å². The molecule has 0 bridgehead atoms. The highest BCUT2D eigenvalue weighted by Gasteiger charge is 2.01. The second kappa shape index (κ2) is 4.95. The van der Waals surface area contributed by atoms with E-state index in [0.29, 0.717) is 0 Å². The minimum Gasteiger partial charge on any atom is -0.445 e. The molecule has 0 saturated heterocycles. The summed E-state index contributed by atoms with van der Waals surface area (Å²) in [5.41, 5.74) is 0. The molecule has 10 heavy (non-hydrogen) atoms. The second-order valence-electron chi connectivity index (χ2n) is 1.24. The molecule has 0 spiro atoms. The van der Waals surface area contributed by atoms with Crippen molar-refractivity contribution in [2.24, 2.45) is 0 Å². The standard InChI is InChI=1S/C4H7NO4S/c1-2-3-9-4(6)5-10(7)8/h2H,1,3H2,(H,5,6)(H,7,8). The fourth-order valence-corrected chi connectivity index (χ4v) is 0.437. The Kier molecular flexibility index (Phi) is 4.51. The lowest BCUT2D eigenvalue weighted by atomic mass is 10.7. The van der Waals surface area contributed by atoms with Crippen LogP contribution in [0.3, 0.4) is 0 Å². The Bertz CT molecular complexity index is 157. The zero-order chi connectivity index (χ0) is 7.98. The molecule has 0 aromatic rings. The van der Waals surface area contributed by atoms with Gasteiger partial charge in [-0.05, 0) is 0 Å². The number of ether oxygens (including phenoxy) is 1. The van der Waals surface area contributed by atoms with Crippen LogP contribution in [0.15, 0.2) is 12.7 Å². The summed E-state index contributed by atoms with van der Waals surface area (Å²) in [5, 5.41) is 0. The normalized spacial score (nSPS) is 11.7. The lowest BCUT2D eigenvalue weighted by molar-refractivity contribution is 0.165. The maximum Gasteiger partial charge on any atom is 0.421 e. The molecule has 0 heterocycles. The molecule has 0 aliphatic heterocycles. The Morgan fingerprint density at radius 1 is 1.90 bits per heavy atom. The maximum absolute atomic E-state index is 10.3. The van der Waals surface area contributed by atoms with Crippen LogP contribution in [0.2, 0.25) is 0 Å². The van der Waals surface area contributed by atoms with Gasteiger partial charge in [0.1, 0.15) is 6.61 Å². The van der Waals surface area contributed by atoms with E-state index >= 15 is 0 Å². The van der Waals surface area contributed by atoms with Crippen molar-refractivity contribution in [3.63, 3.8) is 0 Å². The summed E-state index contributed by atoms with van der Waals surface area (Å²) in [6.45, 7) is 3.29.